The van der Waals surface area contributed by atoms with Gasteiger partial charge in [0.1, 0.15) is 6.04 Å². The Morgan fingerprint density at radius 2 is 1.73 bits per heavy atom. The Morgan fingerprint density at radius 1 is 0.970 bits per heavy atom. The number of hydrogen-bond donors (Lipinski definition) is 2. The van der Waals surface area contributed by atoms with Gasteiger partial charge in [-0.1, -0.05) is 12.1 Å². The van der Waals surface area contributed by atoms with Crippen molar-refractivity contribution in [2.24, 2.45) is 5.41 Å². The summed E-state index contributed by atoms with van der Waals surface area (Å²) in [6.45, 7) is 5.18. The van der Waals surface area contributed by atoms with E-state index in [1.807, 2.05) is 6.07 Å². The maximum absolute atomic E-state index is 12.9. The number of piperidine rings is 3. The van der Waals surface area contributed by atoms with Gasteiger partial charge in [-0.2, -0.15) is 0 Å². The zero-order valence-electron chi connectivity index (χ0n) is 19.3. The number of fused-ring (bicyclic) bond motifs is 1. The Kier molecular flexibility index (Phi) is 5.29. The first kappa shape index (κ1) is 21.3. The van der Waals surface area contributed by atoms with Crippen LogP contribution in [0.25, 0.3) is 0 Å². The van der Waals surface area contributed by atoms with Crippen LogP contribution in [0.4, 0.5) is 0 Å². The topological polar surface area (TPSA) is 81.8 Å². The predicted molar refractivity (Wildman–Crippen MR) is 124 cm³/mol. The van der Waals surface area contributed by atoms with E-state index >= 15 is 0 Å². The molecule has 0 bridgehead atoms. The molecule has 6 rings (SSSR count). The highest BCUT2D eigenvalue weighted by atomic mass is 16.2. The van der Waals surface area contributed by atoms with Crippen molar-refractivity contribution in [1.82, 2.24) is 20.4 Å². The van der Waals surface area contributed by atoms with E-state index in [1.165, 1.54) is 70.3 Å². The van der Waals surface area contributed by atoms with E-state index in [-0.39, 0.29) is 17.7 Å². The largest absolute Gasteiger partial charge is 0.322 e. The minimum atomic E-state index is -0.542. The molecule has 4 aliphatic heterocycles. The number of nitrogens with zero attached hydrogens (tertiary/aromatic N) is 2. The second-order valence-corrected chi connectivity index (χ2v) is 10.9. The Morgan fingerprint density at radius 3 is 2.45 bits per heavy atom. The molecule has 3 amide bonds. The third kappa shape index (κ3) is 3.79. The van der Waals surface area contributed by atoms with E-state index in [1.54, 1.807) is 4.90 Å². The van der Waals surface area contributed by atoms with Gasteiger partial charge in [-0.15, -0.1) is 0 Å². The fourth-order valence-electron chi connectivity index (χ4n) is 7.01. The quantitative estimate of drug-likeness (QED) is 0.690. The zero-order chi connectivity index (χ0) is 22.6. The average molecular weight is 451 g/mol. The van der Waals surface area contributed by atoms with Gasteiger partial charge in [0.2, 0.25) is 11.8 Å². The molecular formula is C26H34N4O3. The molecule has 0 aromatic heterocycles. The van der Waals surface area contributed by atoms with E-state index in [2.05, 4.69) is 27.7 Å². The lowest BCUT2D eigenvalue weighted by atomic mass is 9.60. The van der Waals surface area contributed by atoms with Crippen LogP contribution >= 0.6 is 0 Å². The third-order valence-corrected chi connectivity index (χ3v) is 9.07. The summed E-state index contributed by atoms with van der Waals surface area (Å²) in [6, 6.07) is 6.52. The van der Waals surface area contributed by atoms with Crippen molar-refractivity contribution < 1.29 is 14.4 Å². The molecule has 1 aliphatic carbocycles. The molecule has 1 aromatic carbocycles. The monoisotopic (exact) mass is 450 g/mol. The molecule has 33 heavy (non-hydrogen) atoms. The van der Waals surface area contributed by atoms with Crippen LogP contribution < -0.4 is 10.6 Å². The summed E-state index contributed by atoms with van der Waals surface area (Å²) in [5, 5.41) is 5.88. The fraction of sp³-hybridized carbons (Fsp3) is 0.654. The summed E-state index contributed by atoms with van der Waals surface area (Å²) in [5.74, 6) is -0.138. The maximum Gasteiger partial charge on any atom is 0.255 e. The molecule has 176 valence electrons. The Bertz CT molecular complexity index is 970. The summed E-state index contributed by atoms with van der Waals surface area (Å²) < 4.78 is 0. The van der Waals surface area contributed by atoms with Crippen molar-refractivity contribution in [1.29, 1.82) is 0 Å². The molecule has 7 nitrogen and oxygen atoms in total. The lowest BCUT2D eigenvalue weighted by Crippen LogP contribution is -2.55. The molecule has 0 radical (unpaired) electrons. The number of imide groups is 1. The van der Waals surface area contributed by atoms with E-state index < -0.39 is 6.04 Å². The first-order chi connectivity index (χ1) is 16.0. The van der Waals surface area contributed by atoms with Gasteiger partial charge in [0.15, 0.2) is 0 Å². The highest BCUT2D eigenvalue weighted by Gasteiger charge is 2.47. The molecule has 5 aliphatic rings. The van der Waals surface area contributed by atoms with Crippen molar-refractivity contribution in [3.63, 3.8) is 0 Å². The normalized spacial score (nSPS) is 28.7. The van der Waals surface area contributed by atoms with Gasteiger partial charge >= 0.3 is 0 Å². The van der Waals surface area contributed by atoms with Crippen molar-refractivity contribution in [2.75, 3.05) is 26.2 Å². The lowest BCUT2D eigenvalue weighted by molar-refractivity contribution is -0.136. The number of rotatable bonds is 3. The SMILES string of the molecule is O=C1CCC(N2Cc3cc(C4CCN(C5CC6(CCNCC6)C5)CC4)ccc3C2=O)C(=O)N1. The van der Waals surface area contributed by atoms with Crippen LogP contribution in [0, 0.1) is 5.41 Å². The molecule has 4 heterocycles. The summed E-state index contributed by atoms with van der Waals surface area (Å²) in [4.78, 5) is 41.1. The van der Waals surface area contributed by atoms with Crippen LogP contribution in [-0.4, -0.2) is 65.8 Å². The molecule has 7 heteroatoms. The van der Waals surface area contributed by atoms with Crippen LogP contribution in [0.2, 0.25) is 0 Å². The molecule has 1 aromatic rings. The molecule has 2 N–H and O–H groups in total. The highest BCUT2D eigenvalue weighted by molar-refractivity contribution is 6.05. The highest BCUT2D eigenvalue weighted by Crippen LogP contribution is 2.50. The second-order valence-electron chi connectivity index (χ2n) is 10.9. The van der Waals surface area contributed by atoms with Crippen molar-refractivity contribution >= 4 is 17.7 Å². The maximum atomic E-state index is 12.9. The molecular weight excluding hydrogens is 416 g/mol. The van der Waals surface area contributed by atoms with E-state index in [4.69, 9.17) is 0 Å². The fourth-order valence-corrected chi connectivity index (χ4v) is 7.01. The Hall–Kier alpha value is -2.25. The number of benzene rings is 1. The van der Waals surface area contributed by atoms with Crippen LogP contribution in [0.3, 0.4) is 0 Å². The summed E-state index contributed by atoms with van der Waals surface area (Å²) in [7, 11) is 0. The van der Waals surface area contributed by atoms with Crippen molar-refractivity contribution in [3.8, 4) is 0 Å². The van der Waals surface area contributed by atoms with Crippen LogP contribution in [0.5, 0.6) is 0 Å². The van der Waals surface area contributed by atoms with E-state index in [0.29, 0.717) is 36.3 Å². The van der Waals surface area contributed by atoms with Gasteiger partial charge in [-0.05, 0) is 99.7 Å². The van der Waals surface area contributed by atoms with Crippen LogP contribution in [-0.2, 0) is 16.1 Å². The number of hydrogen-bond acceptors (Lipinski definition) is 5. The molecule has 1 unspecified atom stereocenters. The first-order valence-corrected chi connectivity index (χ1v) is 12.7. The number of carbonyl (C=O) groups is 3. The van der Waals surface area contributed by atoms with Crippen LogP contribution in [0.15, 0.2) is 18.2 Å². The van der Waals surface area contributed by atoms with Crippen molar-refractivity contribution in [2.45, 2.75) is 75.9 Å². The zero-order valence-corrected chi connectivity index (χ0v) is 19.3. The lowest BCUT2D eigenvalue weighted by Gasteiger charge is -2.55. The molecule has 1 atom stereocenters. The molecule has 1 spiro atoms. The Labute approximate surface area is 195 Å². The molecule has 1 saturated carbocycles. The third-order valence-electron chi connectivity index (χ3n) is 9.07. The summed E-state index contributed by atoms with van der Waals surface area (Å²) >= 11 is 0. The number of nitrogens with one attached hydrogen (secondary N) is 2. The minimum absolute atomic E-state index is 0.0855. The molecule has 4 fully saturated rings. The average Bonchev–Trinajstić information content (AvgIpc) is 3.13. The second kappa shape index (κ2) is 8.20. The summed E-state index contributed by atoms with van der Waals surface area (Å²) in [5.41, 5.74) is 3.70. The van der Waals surface area contributed by atoms with Gasteiger partial charge in [-0.25, -0.2) is 0 Å². The van der Waals surface area contributed by atoms with Crippen molar-refractivity contribution in [3.05, 3.63) is 34.9 Å². The van der Waals surface area contributed by atoms with Gasteiger partial charge in [-0.3, -0.25) is 19.7 Å². The van der Waals surface area contributed by atoms with E-state index in [9.17, 15) is 14.4 Å². The van der Waals surface area contributed by atoms with Gasteiger partial charge < -0.3 is 15.1 Å². The summed E-state index contributed by atoms with van der Waals surface area (Å²) in [6.07, 6.45) is 8.53. The van der Waals surface area contributed by atoms with Gasteiger partial charge in [0.25, 0.3) is 5.91 Å². The first-order valence-electron chi connectivity index (χ1n) is 12.7. The van der Waals surface area contributed by atoms with Gasteiger partial charge in [0.05, 0.1) is 0 Å². The standard InChI is InChI=1S/C26H34N4O3/c31-23-4-3-22(24(32)28-23)30-16-19-13-18(1-2-21(19)25(30)33)17-5-11-29(12-6-17)20-14-26(15-20)7-9-27-10-8-26/h1-2,13,17,20,22,27H,3-12,14-16H2,(H,28,31,32). The number of carbonyl (C=O) groups excluding carboxylic acids is 3. The van der Waals surface area contributed by atoms with Crippen LogP contribution in [0.1, 0.15) is 78.8 Å². The number of amides is 3. The Balaban J connectivity index is 1.07. The number of likely N-dealkylation sites (tertiary alicyclic amines) is 1. The van der Waals surface area contributed by atoms with Gasteiger partial charge in [0, 0.05) is 24.6 Å². The van der Waals surface area contributed by atoms with E-state index in [0.717, 1.165) is 11.6 Å². The molecule has 3 saturated heterocycles. The smallest absolute Gasteiger partial charge is 0.255 e. The minimum Gasteiger partial charge on any atom is -0.322 e. The predicted octanol–water partition coefficient (Wildman–Crippen LogP) is 2.16.